The first kappa shape index (κ1) is 12.6. The predicted molar refractivity (Wildman–Crippen MR) is 57.8 cm³/mol. The van der Waals surface area contributed by atoms with Gasteiger partial charge in [0.05, 0.1) is 18.1 Å². The number of hydroxylamine groups is 1. The van der Waals surface area contributed by atoms with Gasteiger partial charge in [0.15, 0.2) is 0 Å². The molecule has 0 radical (unpaired) electrons. The summed E-state index contributed by atoms with van der Waals surface area (Å²) in [6.07, 6.45) is 0. The smallest absolute Gasteiger partial charge is 0.269 e. The second kappa shape index (κ2) is 6.89. The lowest BCUT2D eigenvalue weighted by Gasteiger charge is -2.05. The van der Waals surface area contributed by atoms with E-state index in [4.69, 9.17) is 9.57 Å². The largest absolute Gasteiger partial charge is 0.382 e. The summed E-state index contributed by atoms with van der Waals surface area (Å²) in [7, 11) is 1.59. The molecule has 1 N–H and O–H groups in total. The maximum Gasteiger partial charge on any atom is 0.269 e. The minimum absolute atomic E-state index is 0.0798. The summed E-state index contributed by atoms with van der Waals surface area (Å²) in [4.78, 5) is 15.1. The number of non-ortho nitro benzene ring substituents is 1. The molecule has 0 spiro atoms. The van der Waals surface area contributed by atoms with Crippen molar-refractivity contribution in [3.8, 4) is 0 Å². The lowest BCUT2D eigenvalue weighted by molar-refractivity contribution is -0.384. The summed E-state index contributed by atoms with van der Waals surface area (Å²) in [5.41, 5.74) is 3.58. The highest BCUT2D eigenvalue weighted by molar-refractivity contribution is 5.34. The molecule has 6 nitrogen and oxygen atoms in total. The van der Waals surface area contributed by atoms with Gasteiger partial charge >= 0.3 is 0 Å². The molecule has 0 atom stereocenters. The molecule has 1 rings (SSSR count). The molecule has 16 heavy (non-hydrogen) atoms. The number of nitro benzene ring substituents is 1. The molecule has 0 heterocycles. The van der Waals surface area contributed by atoms with Crippen molar-refractivity contribution in [2.75, 3.05) is 20.3 Å². The number of rotatable bonds is 7. The average molecular weight is 226 g/mol. The molecule has 88 valence electrons. The number of ether oxygens (including phenoxy) is 1. The number of nitrogens with zero attached hydrogens (tertiary/aromatic N) is 1. The number of methoxy groups -OCH3 is 1. The van der Waals surface area contributed by atoms with Gasteiger partial charge in [-0.2, -0.15) is 5.48 Å². The van der Waals surface area contributed by atoms with E-state index >= 15 is 0 Å². The van der Waals surface area contributed by atoms with Gasteiger partial charge in [0, 0.05) is 25.8 Å². The average Bonchev–Trinajstić information content (AvgIpc) is 2.29. The Kier molecular flexibility index (Phi) is 5.41. The molecule has 1 aromatic carbocycles. The Morgan fingerprint density at radius 1 is 1.44 bits per heavy atom. The first-order valence-electron chi connectivity index (χ1n) is 4.81. The summed E-state index contributed by atoms with van der Waals surface area (Å²) in [5.74, 6) is 0. The first-order chi connectivity index (χ1) is 7.74. The van der Waals surface area contributed by atoms with Gasteiger partial charge in [0.2, 0.25) is 0 Å². The molecule has 0 saturated heterocycles. The zero-order chi connectivity index (χ0) is 11.8. The van der Waals surface area contributed by atoms with Crippen LogP contribution in [0.1, 0.15) is 5.56 Å². The molecule has 0 fully saturated rings. The van der Waals surface area contributed by atoms with Gasteiger partial charge in [0.25, 0.3) is 5.69 Å². The highest BCUT2D eigenvalue weighted by atomic mass is 16.7. The van der Waals surface area contributed by atoms with Crippen molar-refractivity contribution in [2.24, 2.45) is 0 Å². The third-order valence-electron chi connectivity index (χ3n) is 1.89. The standard InChI is InChI=1S/C10H14N2O4/c1-15-5-6-16-11-8-9-3-2-4-10(7-9)12(13)14/h2-4,7,11H,5-6,8H2,1H3. The van der Waals surface area contributed by atoms with Gasteiger partial charge in [-0.1, -0.05) is 12.1 Å². The lowest BCUT2D eigenvalue weighted by Crippen LogP contribution is -2.17. The monoisotopic (exact) mass is 226 g/mol. The fourth-order valence-electron chi connectivity index (χ4n) is 1.11. The van der Waals surface area contributed by atoms with Crippen LogP contribution in [-0.2, 0) is 16.1 Å². The van der Waals surface area contributed by atoms with Crippen molar-refractivity contribution in [3.63, 3.8) is 0 Å². The van der Waals surface area contributed by atoms with Crippen LogP contribution in [0.2, 0.25) is 0 Å². The van der Waals surface area contributed by atoms with Gasteiger partial charge in [-0.25, -0.2) is 0 Å². The molecule has 0 bridgehead atoms. The van der Waals surface area contributed by atoms with Crippen LogP contribution in [0.4, 0.5) is 5.69 Å². The zero-order valence-electron chi connectivity index (χ0n) is 9.01. The Labute approximate surface area is 93.3 Å². The van der Waals surface area contributed by atoms with Crippen molar-refractivity contribution >= 4 is 5.69 Å². The van der Waals surface area contributed by atoms with E-state index in [2.05, 4.69) is 5.48 Å². The summed E-state index contributed by atoms with van der Waals surface area (Å²) in [6.45, 7) is 1.36. The van der Waals surface area contributed by atoms with E-state index in [1.54, 1.807) is 19.2 Å². The van der Waals surface area contributed by atoms with E-state index in [-0.39, 0.29) is 5.69 Å². The van der Waals surface area contributed by atoms with E-state index in [1.165, 1.54) is 12.1 Å². The first-order valence-corrected chi connectivity index (χ1v) is 4.81. The zero-order valence-corrected chi connectivity index (χ0v) is 9.01. The molecule has 0 saturated carbocycles. The minimum atomic E-state index is -0.421. The summed E-state index contributed by atoms with van der Waals surface area (Å²) in [6, 6.07) is 6.39. The van der Waals surface area contributed by atoms with Crippen LogP contribution in [-0.4, -0.2) is 25.2 Å². The van der Waals surface area contributed by atoms with Crippen LogP contribution in [0.3, 0.4) is 0 Å². The highest BCUT2D eigenvalue weighted by Gasteiger charge is 2.04. The fraction of sp³-hybridized carbons (Fsp3) is 0.400. The molecule has 0 aliphatic carbocycles. The van der Waals surface area contributed by atoms with Crippen molar-refractivity contribution in [1.29, 1.82) is 0 Å². The normalized spacial score (nSPS) is 10.3. The number of nitrogens with one attached hydrogen (secondary N) is 1. The predicted octanol–water partition coefficient (Wildman–Crippen LogP) is 1.26. The Bertz CT molecular complexity index is 343. The van der Waals surface area contributed by atoms with Crippen LogP contribution in [0.5, 0.6) is 0 Å². The van der Waals surface area contributed by atoms with Crippen LogP contribution in [0.15, 0.2) is 24.3 Å². The van der Waals surface area contributed by atoms with E-state index in [0.29, 0.717) is 19.8 Å². The Hall–Kier alpha value is -1.50. The van der Waals surface area contributed by atoms with Crippen LogP contribution in [0, 0.1) is 10.1 Å². The summed E-state index contributed by atoms with van der Waals surface area (Å²) >= 11 is 0. The maximum absolute atomic E-state index is 10.5. The second-order valence-corrected chi connectivity index (χ2v) is 3.09. The molecule has 0 unspecified atom stereocenters. The number of hydrogen-bond donors (Lipinski definition) is 1. The van der Waals surface area contributed by atoms with E-state index in [0.717, 1.165) is 5.56 Å². The molecular formula is C10H14N2O4. The van der Waals surface area contributed by atoms with Crippen molar-refractivity contribution in [3.05, 3.63) is 39.9 Å². The van der Waals surface area contributed by atoms with Gasteiger partial charge in [-0.05, 0) is 5.56 Å². The molecule has 6 heteroatoms. The van der Waals surface area contributed by atoms with E-state index in [9.17, 15) is 10.1 Å². The fourth-order valence-corrected chi connectivity index (χ4v) is 1.11. The third-order valence-corrected chi connectivity index (χ3v) is 1.89. The number of benzene rings is 1. The van der Waals surface area contributed by atoms with Crippen molar-refractivity contribution in [1.82, 2.24) is 5.48 Å². The molecule has 0 amide bonds. The topological polar surface area (TPSA) is 73.6 Å². The molecule has 0 aromatic heterocycles. The van der Waals surface area contributed by atoms with Gasteiger partial charge in [-0.3, -0.25) is 15.0 Å². The summed E-state index contributed by atoms with van der Waals surface area (Å²) in [5, 5.41) is 10.5. The van der Waals surface area contributed by atoms with E-state index < -0.39 is 4.92 Å². The Balaban J connectivity index is 2.36. The van der Waals surface area contributed by atoms with Crippen molar-refractivity contribution < 1.29 is 14.5 Å². The van der Waals surface area contributed by atoms with Crippen LogP contribution in [0.25, 0.3) is 0 Å². The minimum Gasteiger partial charge on any atom is -0.382 e. The molecule has 0 aliphatic rings. The highest BCUT2D eigenvalue weighted by Crippen LogP contribution is 2.12. The molecule has 1 aromatic rings. The Morgan fingerprint density at radius 3 is 2.94 bits per heavy atom. The Morgan fingerprint density at radius 2 is 2.25 bits per heavy atom. The lowest BCUT2D eigenvalue weighted by atomic mass is 10.2. The summed E-state index contributed by atoms with van der Waals surface area (Å²) < 4.78 is 4.79. The van der Waals surface area contributed by atoms with Gasteiger partial charge in [0.1, 0.15) is 0 Å². The van der Waals surface area contributed by atoms with Crippen LogP contribution < -0.4 is 5.48 Å². The van der Waals surface area contributed by atoms with Gasteiger partial charge in [-0.15, -0.1) is 0 Å². The quantitative estimate of drug-likeness (QED) is 0.430. The van der Waals surface area contributed by atoms with Gasteiger partial charge < -0.3 is 4.74 Å². The van der Waals surface area contributed by atoms with Crippen LogP contribution >= 0.6 is 0 Å². The third kappa shape index (κ3) is 4.35. The number of hydrogen-bond acceptors (Lipinski definition) is 5. The van der Waals surface area contributed by atoms with E-state index in [1.807, 2.05) is 0 Å². The maximum atomic E-state index is 10.5. The molecule has 0 aliphatic heterocycles. The SMILES string of the molecule is COCCONCc1cccc([N+](=O)[O-])c1. The second-order valence-electron chi connectivity index (χ2n) is 3.09. The van der Waals surface area contributed by atoms with Crippen molar-refractivity contribution in [2.45, 2.75) is 6.54 Å². The molecular weight excluding hydrogens is 212 g/mol. The number of nitro groups is 1.